The molecule has 0 unspecified atom stereocenters. The van der Waals surface area contributed by atoms with Gasteiger partial charge in [0.05, 0.1) is 36.5 Å². The fourth-order valence-corrected chi connectivity index (χ4v) is 5.33. The first-order valence-electron chi connectivity index (χ1n) is 8.74. The molecule has 1 aliphatic heterocycles. The van der Waals surface area contributed by atoms with Gasteiger partial charge in [-0.2, -0.15) is 0 Å². The van der Waals surface area contributed by atoms with E-state index in [1.54, 1.807) is 4.90 Å². The van der Waals surface area contributed by atoms with Gasteiger partial charge in [0.15, 0.2) is 5.01 Å². The Bertz CT molecular complexity index is 1090. The number of thiazole rings is 1. The average molecular weight is 431 g/mol. The summed E-state index contributed by atoms with van der Waals surface area (Å²) in [5.74, 6) is -0.909. The highest BCUT2D eigenvalue weighted by molar-refractivity contribution is 7.20. The highest BCUT2D eigenvalue weighted by Gasteiger charge is 2.31. The number of hydrogen-bond donors (Lipinski definition) is 1. The van der Waals surface area contributed by atoms with Gasteiger partial charge in [-0.1, -0.05) is 12.1 Å². The maximum atomic E-state index is 12.8. The monoisotopic (exact) mass is 431 g/mol. The van der Waals surface area contributed by atoms with Gasteiger partial charge in [0, 0.05) is 11.4 Å². The van der Waals surface area contributed by atoms with Crippen LogP contribution in [-0.2, 0) is 22.4 Å². The van der Waals surface area contributed by atoms with E-state index in [-0.39, 0.29) is 5.91 Å². The van der Waals surface area contributed by atoms with Crippen LogP contribution in [0.2, 0.25) is 0 Å². The second-order valence-corrected chi connectivity index (χ2v) is 8.42. The molecule has 29 heavy (non-hydrogen) atoms. The lowest BCUT2D eigenvalue weighted by atomic mass is 10.0. The fraction of sp³-hybridized carbons (Fsp3) is 0.263. The Hall–Kier alpha value is -2.98. The highest BCUT2D eigenvalue weighted by Crippen LogP contribution is 2.38. The standard InChI is InChI=1S/C19H17N3O5S2/c1-26-18(24)14-10-7-8-22(19(25)27-2)9-13(10)29-16(14)21-15(23)17-20-11-5-3-4-6-12(11)28-17/h3-6H,7-9H2,1-2H3,(H,21,23). The summed E-state index contributed by atoms with van der Waals surface area (Å²) in [5.41, 5.74) is 1.88. The van der Waals surface area contributed by atoms with Crippen molar-refractivity contribution < 1.29 is 23.9 Å². The minimum absolute atomic E-state index is 0.310. The van der Waals surface area contributed by atoms with Gasteiger partial charge in [0.2, 0.25) is 0 Å². The van der Waals surface area contributed by atoms with Crippen molar-refractivity contribution in [3.63, 3.8) is 0 Å². The van der Waals surface area contributed by atoms with E-state index in [2.05, 4.69) is 10.3 Å². The van der Waals surface area contributed by atoms with Crippen molar-refractivity contribution in [3.05, 3.63) is 45.3 Å². The Morgan fingerprint density at radius 3 is 2.66 bits per heavy atom. The Labute approximate surface area is 174 Å². The molecule has 0 fully saturated rings. The molecule has 0 radical (unpaired) electrons. The Kier molecular flexibility index (Phi) is 5.20. The van der Waals surface area contributed by atoms with Crippen molar-refractivity contribution in [2.24, 2.45) is 0 Å². The number of carbonyl (C=O) groups is 3. The van der Waals surface area contributed by atoms with Crippen molar-refractivity contribution in [2.75, 3.05) is 26.1 Å². The molecule has 1 N–H and O–H groups in total. The number of ether oxygens (including phenoxy) is 2. The van der Waals surface area contributed by atoms with E-state index in [1.165, 1.54) is 36.9 Å². The molecule has 4 rings (SSSR count). The first kappa shape index (κ1) is 19.3. The number of thiophene rings is 1. The zero-order chi connectivity index (χ0) is 20.5. The third-order valence-corrected chi connectivity index (χ3v) is 6.76. The molecule has 0 aliphatic carbocycles. The number of anilines is 1. The molecule has 0 saturated heterocycles. The molecule has 150 valence electrons. The molecule has 1 aromatic carbocycles. The van der Waals surface area contributed by atoms with Crippen molar-refractivity contribution in [3.8, 4) is 0 Å². The molecule has 2 aromatic heterocycles. The van der Waals surface area contributed by atoms with E-state index in [1.807, 2.05) is 24.3 Å². The number of para-hydroxylation sites is 1. The minimum Gasteiger partial charge on any atom is -0.465 e. The molecular weight excluding hydrogens is 414 g/mol. The summed E-state index contributed by atoms with van der Waals surface area (Å²) in [4.78, 5) is 43.8. The number of fused-ring (bicyclic) bond motifs is 2. The van der Waals surface area contributed by atoms with Crippen LogP contribution < -0.4 is 5.32 Å². The Morgan fingerprint density at radius 1 is 1.14 bits per heavy atom. The van der Waals surface area contributed by atoms with Crippen molar-refractivity contribution in [2.45, 2.75) is 13.0 Å². The quantitative estimate of drug-likeness (QED) is 0.637. The van der Waals surface area contributed by atoms with Crippen molar-refractivity contribution >= 4 is 55.9 Å². The minimum atomic E-state index is -0.520. The van der Waals surface area contributed by atoms with Gasteiger partial charge in [-0.15, -0.1) is 22.7 Å². The van der Waals surface area contributed by atoms with Crippen LogP contribution in [0.3, 0.4) is 0 Å². The lowest BCUT2D eigenvalue weighted by Crippen LogP contribution is -2.35. The van der Waals surface area contributed by atoms with E-state index >= 15 is 0 Å². The molecule has 0 atom stereocenters. The number of rotatable bonds is 3. The zero-order valence-electron chi connectivity index (χ0n) is 15.7. The first-order valence-corrected chi connectivity index (χ1v) is 10.4. The summed E-state index contributed by atoms with van der Waals surface area (Å²) in [7, 11) is 2.63. The zero-order valence-corrected chi connectivity index (χ0v) is 17.3. The van der Waals surface area contributed by atoms with Crippen molar-refractivity contribution in [1.82, 2.24) is 9.88 Å². The number of aromatic nitrogens is 1. The van der Waals surface area contributed by atoms with E-state index < -0.39 is 12.1 Å². The smallest absolute Gasteiger partial charge is 0.409 e. The molecule has 2 amide bonds. The second kappa shape index (κ2) is 7.80. The largest absolute Gasteiger partial charge is 0.465 e. The normalized spacial score (nSPS) is 13.1. The lowest BCUT2D eigenvalue weighted by Gasteiger charge is -2.25. The summed E-state index contributed by atoms with van der Waals surface area (Å²) < 4.78 is 10.6. The molecule has 0 saturated carbocycles. The topological polar surface area (TPSA) is 97.8 Å². The van der Waals surface area contributed by atoms with Crippen LogP contribution in [0.4, 0.5) is 9.80 Å². The molecule has 3 heterocycles. The van der Waals surface area contributed by atoms with E-state index in [0.29, 0.717) is 35.1 Å². The number of carbonyl (C=O) groups excluding carboxylic acids is 3. The number of esters is 1. The Morgan fingerprint density at radius 2 is 1.93 bits per heavy atom. The number of amides is 2. The second-order valence-electron chi connectivity index (χ2n) is 6.28. The van der Waals surface area contributed by atoms with Crippen LogP contribution in [0.25, 0.3) is 10.2 Å². The van der Waals surface area contributed by atoms with Gasteiger partial charge in [-0.05, 0) is 24.1 Å². The molecule has 10 heteroatoms. The van der Waals surface area contributed by atoms with Gasteiger partial charge >= 0.3 is 12.1 Å². The van der Waals surface area contributed by atoms with Gasteiger partial charge in [-0.25, -0.2) is 14.6 Å². The maximum Gasteiger partial charge on any atom is 0.409 e. The molecule has 8 nitrogen and oxygen atoms in total. The van der Waals surface area contributed by atoms with Gasteiger partial charge in [-0.3, -0.25) is 4.79 Å². The molecule has 0 spiro atoms. The summed E-state index contributed by atoms with van der Waals surface area (Å²) in [6.07, 6.45) is 0.0475. The van der Waals surface area contributed by atoms with Gasteiger partial charge in [0.25, 0.3) is 5.91 Å². The predicted octanol–water partition coefficient (Wildman–Crippen LogP) is 3.52. The van der Waals surface area contributed by atoms with Crippen LogP contribution in [0.1, 0.15) is 30.6 Å². The first-order chi connectivity index (χ1) is 14.0. The SMILES string of the molecule is COC(=O)c1c(NC(=O)c2nc3ccccc3s2)sc2c1CCN(C(=O)OC)C2. The number of benzene rings is 1. The Balaban J connectivity index is 1.66. The third kappa shape index (κ3) is 3.56. The molecular formula is C19H17N3O5S2. The molecule has 1 aliphatic rings. The van der Waals surface area contributed by atoms with E-state index in [9.17, 15) is 14.4 Å². The van der Waals surface area contributed by atoms with Crippen LogP contribution in [0.5, 0.6) is 0 Å². The third-order valence-electron chi connectivity index (χ3n) is 4.59. The summed E-state index contributed by atoms with van der Waals surface area (Å²) in [6, 6.07) is 7.49. The fourth-order valence-electron chi connectivity index (χ4n) is 3.22. The van der Waals surface area contributed by atoms with E-state index in [0.717, 1.165) is 20.7 Å². The van der Waals surface area contributed by atoms with Gasteiger partial charge in [0.1, 0.15) is 5.00 Å². The summed E-state index contributed by atoms with van der Waals surface area (Å²) in [5, 5.41) is 3.52. The molecule has 0 bridgehead atoms. The van der Waals surface area contributed by atoms with Gasteiger partial charge < -0.3 is 19.7 Å². The molecule has 3 aromatic rings. The van der Waals surface area contributed by atoms with Crippen molar-refractivity contribution in [1.29, 1.82) is 0 Å². The number of methoxy groups -OCH3 is 2. The predicted molar refractivity (Wildman–Crippen MR) is 110 cm³/mol. The van der Waals surface area contributed by atoms with E-state index in [4.69, 9.17) is 9.47 Å². The number of hydrogen-bond acceptors (Lipinski definition) is 8. The van der Waals surface area contributed by atoms with Crippen LogP contribution in [0, 0.1) is 0 Å². The lowest BCUT2D eigenvalue weighted by molar-refractivity contribution is 0.0600. The summed E-state index contributed by atoms with van der Waals surface area (Å²) >= 11 is 2.54. The maximum absolute atomic E-state index is 12.8. The number of nitrogens with zero attached hydrogens (tertiary/aromatic N) is 2. The highest BCUT2D eigenvalue weighted by atomic mass is 32.1. The number of nitrogens with one attached hydrogen (secondary N) is 1. The van der Waals surface area contributed by atoms with Crippen LogP contribution in [0.15, 0.2) is 24.3 Å². The summed E-state index contributed by atoms with van der Waals surface area (Å²) in [6.45, 7) is 0.735. The van der Waals surface area contributed by atoms with Crippen LogP contribution >= 0.6 is 22.7 Å². The average Bonchev–Trinajstić information content (AvgIpc) is 3.33. The van der Waals surface area contributed by atoms with Crippen LogP contribution in [-0.4, -0.2) is 48.6 Å².